The van der Waals surface area contributed by atoms with E-state index >= 15 is 0 Å². The maximum atomic E-state index is 13.6. The molecule has 0 aliphatic heterocycles. The molecule has 2 amide bonds. The van der Waals surface area contributed by atoms with Crippen molar-refractivity contribution in [2.75, 3.05) is 5.32 Å². The molecule has 3 N–H and O–H groups in total. The highest BCUT2D eigenvalue weighted by atomic mass is 32.1. The van der Waals surface area contributed by atoms with Gasteiger partial charge in [0.05, 0.1) is 11.9 Å². The number of carbonyl (C=O) groups is 2. The number of pyridine rings is 1. The van der Waals surface area contributed by atoms with Crippen molar-refractivity contribution >= 4 is 56.0 Å². The lowest BCUT2D eigenvalue weighted by Gasteiger charge is -2.10. The Kier molecular flexibility index (Phi) is 5.56. The predicted molar refractivity (Wildman–Crippen MR) is 132 cm³/mol. The van der Waals surface area contributed by atoms with Gasteiger partial charge >= 0.3 is 0 Å². The Bertz CT molecular complexity index is 1650. The van der Waals surface area contributed by atoms with E-state index in [9.17, 15) is 18.4 Å². The summed E-state index contributed by atoms with van der Waals surface area (Å²) >= 11 is 2.27. The van der Waals surface area contributed by atoms with Crippen LogP contribution in [0.5, 0.6) is 0 Å². The third kappa shape index (κ3) is 3.94. The number of aromatic nitrogens is 4. The number of alkyl halides is 2. The summed E-state index contributed by atoms with van der Waals surface area (Å²) in [7, 11) is 0. The first-order chi connectivity index (χ1) is 16.6. The molecule has 0 saturated heterocycles. The van der Waals surface area contributed by atoms with Gasteiger partial charge in [-0.1, -0.05) is 0 Å². The molecule has 0 bridgehead atoms. The second kappa shape index (κ2) is 8.47. The minimum atomic E-state index is -2.81. The number of nitrogens with one attached hydrogen (secondary N) is 1. The lowest BCUT2D eigenvalue weighted by Crippen LogP contribution is -2.17. The number of hydrogen-bond acceptors (Lipinski definition) is 7. The quantitative estimate of drug-likeness (QED) is 0.332. The molecule has 12 heteroatoms. The highest BCUT2D eigenvalue weighted by molar-refractivity contribution is 7.21. The maximum Gasteiger partial charge on any atom is 0.280 e. The fraction of sp³-hybridized carbons (Fsp3) is 0.174. The summed E-state index contributed by atoms with van der Waals surface area (Å²) in [6, 6.07) is 6.79. The van der Waals surface area contributed by atoms with Crippen LogP contribution < -0.4 is 11.1 Å². The van der Waals surface area contributed by atoms with Crippen LogP contribution in [0.2, 0.25) is 0 Å². The largest absolute Gasteiger partial charge is 0.365 e. The van der Waals surface area contributed by atoms with Crippen molar-refractivity contribution in [1.29, 1.82) is 0 Å². The molecular weight excluding hydrogens is 494 g/mol. The van der Waals surface area contributed by atoms with Gasteiger partial charge in [-0.25, -0.2) is 23.3 Å². The number of carbonyl (C=O) groups excluding carboxylic acids is 2. The summed E-state index contributed by atoms with van der Waals surface area (Å²) < 4.78 is 28.8. The van der Waals surface area contributed by atoms with E-state index in [-0.39, 0.29) is 21.0 Å². The predicted octanol–water partition coefficient (Wildman–Crippen LogP) is 5.28. The van der Waals surface area contributed by atoms with Crippen molar-refractivity contribution in [2.45, 2.75) is 27.2 Å². The first-order valence-electron chi connectivity index (χ1n) is 10.4. The fourth-order valence-electron chi connectivity index (χ4n) is 3.91. The summed E-state index contributed by atoms with van der Waals surface area (Å²) in [5.41, 5.74) is 7.80. The minimum absolute atomic E-state index is 0.0126. The number of fused-ring (bicyclic) bond motifs is 2. The molecule has 5 rings (SSSR count). The average molecular weight is 513 g/mol. The Morgan fingerprint density at radius 1 is 1.11 bits per heavy atom. The van der Waals surface area contributed by atoms with E-state index in [2.05, 4.69) is 20.4 Å². The molecule has 178 valence electrons. The molecule has 5 aromatic heterocycles. The van der Waals surface area contributed by atoms with E-state index in [1.165, 1.54) is 23.6 Å². The molecule has 8 nitrogen and oxygen atoms in total. The van der Waals surface area contributed by atoms with Crippen LogP contribution in [-0.4, -0.2) is 31.4 Å². The number of thiophene rings is 2. The third-order valence-corrected chi connectivity index (χ3v) is 7.53. The van der Waals surface area contributed by atoms with Gasteiger partial charge in [0, 0.05) is 32.1 Å². The Morgan fingerprint density at radius 3 is 2.54 bits per heavy atom. The van der Waals surface area contributed by atoms with Gasteiger partial charge in [-0.3, -0.25) is 9.59 Å². The molecule has 0 unspecified atom stereocenters. The fourth-order valence-corrected chi connectivity index (χ4v) is 5.81. The van der Waals surface area contributed by atoms with Gasteiger partial charge in [0.1, 0.15) is 21.0 Å². The molecule has 0 spiro atoms. The number of aryl methyl sites for hydroxylation is 3. The van der Waals surface area contributed by atoms with Crippen LogP contribution in [0.3, 0.4) is 0 Å². The van der Waals surface area contributed by atoms with E-state index in [1.54, 1.807) is 17.5 Å². The average Bonchev–Trinajstić information content (AvgIpc) is 3.50. The number of nitrogens with zero attached hydrogens (tertiary/aromatic N) is 4. The zero-order chi connectivity index (χ0) is 25.0. The van der Waals surface area contributed by atoms with Crippen molar-refractivity contribution in [3.05, 3.63) is 62.9 Å². The van der Waals surface area contributed by atoms with Crippen molar-refractivity contribution in [3.63, 3.8) is 0 Å². The van der Waals surface area contributed by atoms with Gasteiger partial charge in [-0.2, -0.15) is 5.10 Å². The Balaban J connectivity index is 1.72. The number of rotatable bonds is 5. The Labute approximate surface area is 205 Å². The van der Waals surface area contributed by atoms with Crippen LogP contribution in [-0.2, 0) is 0 Å². The zero-order valence-corrected chi connectivity index (χ0v) is 20.4. The van der Waals surface area contributed by atoms with Crippen LogP contribution in [0.25, 0.3) is 26.3 Å². The van der Waals surface area contributed by atoms with Gasteiger partial charge in [-0.15, -0.1) is 22.7 Å². The third-order valence-electron chi connectivity index (χ3n) is 5.40. The Hall–Kier alpha value is -3.77. The summed E-state index contributed by atoms with van der Waals surface area (Å²) in [4.78, 5) is 36.0. The number of anilines is 1. The molecule has 0 saturated carbocycles. The van der Waals surface area contributed by atoms with Crippen molar-refractivity contribution in [3.8, 4) is 10.4 Å². The molecule has 0 aromatic carbocycles. The van der Waals surface area contributed by atoms with E-state index in [0.717, 1.165) is 21.9 Å². The molecule has 0 atom stereocenters. The highest BCUT2D eigenvalue weighted by Crippen LogP contribution is 2.44. The first-order valence-corrected chi connectivity index (χ1v) is 12.0. The molecule has 0 fully saturated rings. The number of amides is 2. The van der Waals surface area contributed by atoms with E-state index in [0.29, 0.717) is 27.2 Å². The smallest absolute Gasteiger partial charge is 0.280 e. The molecule has 5 heterocycles. The SMILES string of the molecule is Cc1cc(C)n2ncc(C(=O)Nc3c(C(N)=O)sc4nc(C(F)F)cc(-c5ccc(C)s5)c34)c2n1. The molecule has 0 aliphatic carbocycles. The van der Waals surface area contributed by atoms with Crippen LogP contribution in [0.15, 0.2) is 30.5 Å². The number of nitrogens with two attached hydrogens (primary N) is 1. The minimum Gasteiger partial charge on any atom is -0.365 e. The van der Waals surface area contributed by atoms with E-state index in [1.807, 2.05) is 26.0 Å². The van der Waals surface area contributed by atoms with Crippen molar-refractivity contribution in [1.82, 2.24) is 19.6 Å². The first kappa shape index (κ1) is 23.0. The normalized spacial score (nSPS) is 11.6. The summed E-state index contributed by atoms with van der Waals surface area (Å²) in [6.07, 6.45) is -1.42. The topological polar surface area (TPSA) is 115 Å². The second-order valence-corrected chi connectivity index (χ2v) is 10.2. The second-order valence-electron chi connectivity index (χ2n) is 7.94. The molecule has 0 aliphatic rings. The van der Waals surface area contributed by atoms with E-state index < -0.39 is 23.9 Å². The number of primary amides is 1. The summed E-state index contributed by atoms with van der Waals surface area (Å²) in [5, 5.41) is 7.38. The van der Waals surface area contributed by atoms with Crippen LogP contribution in [0, 0.1) is 20.8 Å². The van der Waals surface area contributed by atoms with Crippen LogP contribution >= 0.6 is 22.7 Å². The number of halogens is 2. The lowest BCUT2D eigenvalue weighted by atomic mass is 10.1. The van der Waals surface area contributed by atoms with Gasteiger partial charge in [0.25, 0.3) is 18.2 Å². The Morgan fingerprint density at radius 2 is 1.89 bits per heavy atom. The van der Waals surface area contributed by atoms with Crippen molar-refractivity contribution in [2.24, 2.45) is 5.73 Å². The molecule has 0 radical (unpaired) electrons. The summed E-state index contributed by atoms with van der Waals surface area (Å²) in [6.45, 7) is 5.55. The standard InChI is InChI=1S/C23H18F2N6O2S2/c1-9-6-10(2)31-21(28-9)13(8-27-31)22(33)30-17-16-12(15-5-4-11(3)34-15)7-14(19(24)25)29-23(16)35-18(17)20(26)32/h4-8,19H,1-3H3,(H2,26,32)(H,30,33). The molecular formula is C23H18F2N6O2S2. The molecule has 35 heavy (non-hydrogen) atoms. The van der Waals surface area contributed by atoms with Gasteiger partial charge < -0.3 is 11.1 Å². The van der Waals surface area contributed by atoms with Gasteiger partial charge in [0.15, 0.2) is 5.65 Å². The number of hydrogen-bond donors (Lipinski definition) is 2. The van der Waals surface area contributed by atoms with Crippen molar-refractivity contribution < 1.29 is 18.4 Å². The van der Waals surface area contributed by atoms with Gasteiger partial charge in [0.2, 0.25) is 0 Å². The van der Waals surface area contributed by atoms with Gasteiger partial charge in [-0.05, 0) is 45.0 Å². The van der Waals surface area contributed by atoms with Crippen LogP contribution in [0.1, 0.15) is 48.4 Å². The van der Waals surface area contributed by atoms with Crippen LogP contribution in [0.4, 0.5) is 14.5 Å². The monoisotopic (exact) mass is 512 g/mol. The summed E-state index contributed by atoms with van der Waals surface area (Å²) in [5.74, 6) is -1.37. The maximum absolute atomic E-state index is 13.6. The zero-order valence-electron chi connectivity index (χ0n) is 18.7. The molecule has 5 aromatic rings. The van der Waals surface area contributed by atoms with E-state index in [4.69, 9.17) is 5.73 Å². The lowest BCUT2D eigenvalue weighted by molar-refractivity contribution is 0.100. The highest BCUT2D eigenvalue weighted by Gasteiger charge is 2.26.